The van der Waals surface area contributed by atoms with Gasteiger partial charge in [0.1, 0.15) is 5.76 Å². The monoisotopic (exact) mass is 294 g/mol. The van der Waals surface area contributed by atoms with Crippen LogP contribution in [0.3, 0.4) is 0 Å². The van der Waals surface area contributed by atoms with Crippen molar-refractivity contribution in [1.82, 2.24) is 10.3 Å². The highest BCUT2D eigenvalue weighted by molar-refractivity contribution is 9.10. The molecule has 1 unspecified atom stereocenters. The Kier molecular flexibility index (Phi) is 4.34. The highest BCUT2D eigenvalue weighted by Crippen LogP contribution is 2.23. The average molecular weight is 295 g/mol. The van der Waals surface area contributed by atoms with Crippen molar-refractivity contribution in [2.24, 2.45) is 0 Å². The van der Waals surface area contributed by atoms with Crippen LogP contribution in [0.5, 0.6) is 0 Å². The third-order valence-corrected chi connectivity index (χ3v) is 2.98. The first-order valence-corrected chi connectivity index (χ1v) is 6.46. The van der Waals surface area contributed by atoms with Gasteiger partial charge in [-0.2, -0.15) is 0 Å². The van der Waals surface area contributed by atoms with Gasteiger partial charge in [0.05, 0.1) is 6.04 Å². The summed E-state index contributed by atoms with van der Waals surface area (Å²) < 4.78 is 6.37. The second-order valence-corrected chi connectivity index (χ2v) is 4.60. The quantitative estimate of drug-likeness (QED) is 0.919. The number of furan rings is 1. The Morgan fingerprint density at radius 2 is 2.29 bits per heavy atom. The third kappa shape index (κ3) is 3.41. The zero-order chi connectivity index (χ0) is 12.1. The summed E-state index contributed by atoms with van der Waals surface area (Å²) in [6.07, 6.45) is 4.55. The van der Waals surface area contributed by atoms with Crippen LogP contribution < -0.4 is 5.32 Å². The zero-order valence-electron chi connectivity index (χ0n) is 9.69. The summed E-state index contributed by atoms with van der Waals surface area (Å²) in [6.45, 7) is 3.00. The smallest absolute Gasteiger partial charge is 0.169 e. The molecular weight excluding hydrogens is 280 g/mol. The fourth-order valence-corrected chi connectivity index (χ4v) is 2.11. The van der Waals surface area contributed by atoms with E-state index in [1.54, 1.807) is 6.20 Å². The first kappa shape index (κ1) is 12.3. The standard InChI is InChI=1S/C13H15BrN2O/c1-2-16-11(12-5-6-13(14)17-12)8-10-4-3-7-15-9-10/h3-7,9,11,16H,2,8H2,1H3. The van der Waals surface area contributed by atoms with E-state index in [1.807, 2.05) is 24.4 Å². The Hall–Kier alpha value is -1.13. The summed E-state index contributed by atoms with van der Waals surface area (Å²) in [6, 6.07) is 8.14. The Morgan fingerprint density at radius 3 is 2.88 bits per heavy atom. The van der Waals surface area contributed by atoms with Crippen molar-refractivity contribution < 1.29 is 4.42 Å². The number of aromatic nitrogens is 1. The minimum atomic E-state index is 0.190. The highest BCUT2D eigenvalue weighted by Gasteiger charge is 2.14. The van der Waals surface area contributed by atoms with Gasteiger partial charge in [0.15, 0.2) is 4.67 Å². The van der Waals surface area contributed by atoms with E-state index in [4.69, 9.17) is 4.42 Å². The van der Waals surface area contributed by atoms with Crippen LogP contribution in [0.1, 0.15) is 24.3 Å². The van der Waals surface area contributed by atoms with Crippen molar-refractivity contribution in [1.29, 1.82) is 0 Å². The largest absolute Gasteiger partial charge is 0.453 e. The van der Waals surface area contributed by atoms with Gasteiger partial charge in [-0.25, -0.2) is 0 Å². The lowest BCUT2D eigenvalue weighted by molar-refractivity contribution is 0.405. The summed E-state index contributed by atoms with van der Waals surface area (Å²) in [5.74, 6) is 0.947. The molecule has 1 atom stereocenters. The van der Waals surface area contributed by atoms with Crippen LogP contribution in [0, 0.1) is 0 Å². The van der Waals surface area contributed by atoms with E-state index in [-0.39, 0.29) is 6.04 Å². The van der Waals surface area contributed by atoms with E-state index in [0.717, 1.165) is 23.4 Å². The van der Waals surface area contributed by atoms with Gasteiger partial charge in [0.2, 0.25) is 0 Å². The molecule has 90 valence electrons. The Balaban J connectivity index is 2.13. The fourth-order valence-electron chi connectivity index (χ4n) is 1.79. The molecular formula is C13H15BrN2O. The first-order valence-electron chi connectivity index (χ1n) is 5.67. The second-order valence-electron chi connectivity index (χ2n) is 3.82. The topological polar surface area (TPSA) is 38.1 Å². The van der Waals surface area contributed by atoms with E-state index in [9.17, 15) is 0 Å². The van der Waals surface area contributed by atoms with E-state index in [1.165, 1.54) is 5.56 Å². The minimum absolute atomic E-state index is 0.190. The lowest BCUT2D eigenvalue weighted by Gasteiger charge is -2.15. The molecule has 0 fully saturated rings. The SMILES string of the molecule is CCNC(Cc1cccnc1)c1ccc(Br)o1. The van der Waals surface area contributed by atoms with Crippen molar-refractivity contribution in [2.45, 2.75) is 19.4 Å². The molecule has 3 nitrogen and oxygen atoms in total. The molecule has 4 heteroatoms. The zero-order valence-corrected chi connectivity index (χ0v) is 11.3. The Labute approximate surface area is 109 Å². The van der Waals surface area contributed by atoms with Gasteiger partial charge in [-0.15, -0.1) is 0 Å². The van der Waals surface area contributed by atoms with Gasteiger partial charge in [-0.1, -0.05) is 13.0 Å². The first-order chi connectivity index (χ1) is 8.29. The Bertz CT molecular complexity index is 455. The molecule has 2 aromatic heterocycles. The summed E-state index contributed by atoms with van der Waals surface area (Å²) in [5, 5.41) is 3.42. The summed E-state index contributed by atoms with van der Waals surface area (Å²) in [4.78, 5) is 4.13. The summed E-state index contributed by atoms with van der Waals surface area (Å²) in [5.41, 5.74) is 1.20. The van der Waals surface area contributed by atoms with Crippen molar-refractivity contribution in [3.05, 3.63) is 52.7 Å². The van der Waals surface area contributed by atoms with E-state index in [2.05, 4.69) is 39.2 Å². The molecule has 0 saturated heterocycles. The van der Waals surface area contributed by atoms with Crippen LogP contribution >= 0.6 is 15.9 Å². The molecule has 1 N–H and O–H groups in total. The van der Waals surface area contributed by atoms with Gasteiger partial charge in [-0.3, -0.25) is 4.98 Å². The number of nitrogens with zero attached hydrogens (tertiary/aromatic N) is 1. The average Bonchev–Trinajstić information content (AvgIpc) is 2.77. The predicted octanol–water partition coefficient (Wildman–Crippen LogP) is 3.33. The van der Waals surface area contributed by atoms with Gasteiger partial charge < -0.3 is 9.73 Å². The highest BCUT2D eigenvalue weighted by atomic mass is 79.9. The molecule has 0 aromatic carbocycles. The molecule has 0 aliphatic rings. The van der Waals surface area contributed by atoms with Crippen molar-refractivity contribution >= 4 is 15.9 Å². The van der Waals surface area contributed by atoms with Crippen molar-refractivity contribution in [2.75, 3.05) is 6.54 Å². The molecule has 0 spiro atoms. The summed E-state index contributed by atoms with van der Waals surface area (Å²) >= 11 is 3.33. The van der Waals surface area contributed by atoms with Crippen LogP contribution in [0.15, 0.2) is 45.7 Å². The van der Waals surface area contributed by atoms with Crippen LogP contribution in [0.2, 0.25) is 0 Å². The normalized spacial score (nSPS) is 12.6. The lowest BCUT2D eigenvalue weighted by atomic mass is 10.1. The number of pyridine rings is 1. The van der Waals surface area contributed by atoms with Crippen molar-refractivity contribution in [3.63, 3.8) is 0 Å². The number of rotatable bonds is 5. The van der Waals surface area contributed by atoms with Crippen LogP contribution in [-0.2, 0) is 6.42 Å². The van der Waals surface area contributed by atoms with Crippen LogP contribution in [-0.4, -0.2) is 11.5 Å². The molecule has 0 bridgehead atoms. The number of likely N-dealkylation sites (N-methyl/N-ethyl adjacent to an activating group) is 1. The van der Waals surface area contributed by atoms with Gasteiger partial charge >= 0.3 is 0 Å². The number of halogens is 1. The second kappa shape index (κ2) is 5.98. The molecule has 0 amide bonds. The number of nitrogens with one attached hydrogen (secondary N) is 1. The van der Waals surface area contributed by atoms with Gasteiger partial charge in [0.25, 0.3) is 0 Å². The number of hydrogen-bond acceptors (Lipinski definition) is 3. The van der Waals surface area contributed by atoms with Gasteiger partial charge in [0, 0.05) is 12.4 Å². The maximum atomic E-state index is 5.60. The molecule has 0 aliphatic carbocycles. The minimum Gasteiger partial charge on any atom is -0.453 e. The van der Waals surface area contributed by atoms with Crippen molar-refractivity contribution in [3.8, 4) is 0 Å². The molecule has 0 radical (unpaired) electrons. The molecule has 17 heavy (non-hydrogen) atoms. The predicted molar refractivity (Wildman–Crippen MR) is 70.8 cm³/mol. The maximum absolute atomic E-state index is 5.60. The van der Waals surface area contributed by atoms with Crippen LogP contribution in [0.25, 0.3) is 0 Å². The lowest BCUT2D eigenvalue weighted by Crippen LogP contribution is -2.22. The molecule has 2 rings (SSSR count). The number of hydrogen-bond donors (Lipinski definition) is 1. The molecule has 0 aliphatic heterocycles. The molecule has 2 aromatic rings. The Morgan fingerprint density at radius 1 is 1.41 bits per heavy atom. The van der Waals surface area contributed by atoms with Crippen LogP contribution in [0.4, 0.5) is 0 Å². The molecule has 0 saturated carbocycles. The van der Waals surface area contributed by atoms with E-state index < -0.39 is 0 Å². The van der Waals surface area contributed by atoms with E-state index in [0.29, 0.717) is 0 Å². The fraction of sp³-hybridized carbons (Fsp3) is 0.308. The summed E-state index contributed by atoms with van der Waals surface area (Å²) in [7, 11) is 0. The van der Waals surface area contributed by atoms with Gasteiger partial charge in [-0.05, 0) is 52.7 Å². The third-order valence-electron chi connectivity index (χ3n) is 2.55. The maximum Gasteiger partial charge on any atom is 0.169 e. The van der Waals surface area contributed by atoms with E-state index >= 15 is 0 Å². The molecule has 2 heterocycles.